The molecule has 0 saturated carbocycles. The predicted molar refractivity (Wildman–Crippen MR) is 55.3 cm³/mol. The zero-order valence-corrected chi connectivity index (χ0v) is 8.31. The second-order valence-electron chi connectivity index (χ2n) is 2.78. The minimum atomic E-state index is 0.753. The molecule has 1 N–H and O–H groups in total. The van der Waals surface area contributed by atoms with Crippen LogP contribution in [0.1, 0.15) is 0 Å². The summed E-state index contributed by atoms with van der Waals surface area (Å²) >= 11 is 5.98. The summed E-state index contributed by atoms with van der Waals surface area (Å²) in [5.41, 5.74) is 2.08. The molecule has 0 heterocycles. The number of anilines is 2. The smallest absolute Gasteiger partial charge is 0.0764 e. The van der Waals surface area contributed by atoms with Crippen molar-refractivity contribution in [2.75, 3.05) is 31.4 Å². The van der Waals surface area contributed by atoms with Gasteiger partial charge in [0.25, 0.3) is 0 Å². The third-order valence-electron chi connectivity index (χ3n) is 1.72. The normalized spacial score (nSPS) is 9.67. The molecule has 66 valence electrons. The van der Waals surface area contributed by atoms with Gasteiger partial charge in [-0.05, 0) is 12.1 Å². The number of hydrogen-bond acceptors (Lipinski definition) is 2. The van der Waals surface area contributed by atoms with E-state index in [1.165, 1.54) is 0 Å². The van der Waals surface area contributed by atoms with Crippen molar-refractivity contribution < 1.29 is 0 Å². The molecule has 2 nitrogen and oxygen atoms in total. The van der Waals surface area contributed by atoms with Crippen LogP contribution in [-0.4, -0.2) is 21.1 Å². The van der Waals surface area contributed by atoms with E-state index in [0.717, 1.165) is 16.4 Å². The van der Waals surface area contributed by atoms with Crippen LogP contribution in [0.4, 0.5) is 11.4 Å². The Labute approximate surface area is 78.1 Å². The largest absolute Gasteiger partial charge is 0.385 e. The molecule has 1 aromatic rings. The van der Waals surface area contributed by atoms with Crippen LogP contribution < -0.4 is 10.2 Å². The Hall–Kier alpha value is -0.890. The average Bonchev–Trinajstić information content (AvgIpc) is 2.03. The fourth-order valence-electron chi connectivity index (χ4n) is 1.13. The summed E-state index contributed by atoms with van der Waals surface area (Å²) in [6, 6.07) is 5.84. The molecule has 0 aliphatic rings. The Kier molecular flexibility index (Phi) is 2.82. The number of para-hydroxylation sites is 1. The second-order valence-corrected chi connectivity index (χ2v) is 3.19. The third-order valence-corrected chi connectivity index (χ3v) is 2.04. The fourth-order valence-corrected chi connectivity index (χ4v) is 1.40. The van der Waals surface area contributed by atoms with Crippen molar-refractivity contribution in [3.05, 3.63) is 23.2 Å². The van der Waals surface area contributed by atoms with Crippen LogP contribution in [0.2, 0.25) is 5.02 Å². The van der Waals surface area contributed by atoms with Crippen molar-refractivity contribution in [2.45, 2.75) is 0 Å². The molecule has 1 rings (SSSR count). The lowest BCUT2D eigenvalue weighted by molar-refractivity contribution is 1.13. The molecule has 0 fully saturated rings. The van der Waals surface area contributed by atoms with E-state index in [1.807, 2.05) is 44.2 Å². The van der Waals surface area contributed by atoms with Crippen molar-refractivity contribution >= 4 is 23.0 Å². The van der Waals surface area contributed by atoms with Gasteiger partial charge in [-0.1, -0.05) is 17.7 Å². The summed E-state index contributed by atoms with van der Waals surface area (Å²) < 4.78 is 0. The number of benzene rings is 1. The molecule has 0 unspecified atom stereocenters. The van der Waals surface area contributed by atoms with Crippen molar-refractivity contribution in [2.24, 2.45) is 0 Å². The van der Waals surface area contributed by atoms with Gasteiger partial charge < -0.3 is 10.2 Å². The first-order chi connectivity index (χ1) is 5.66. The Balaban J connectivity index is 3.18. The van der Waals surface area contributed by atoms with E-state index in [9.17, 15) is 0 Å². The van der Waals surface area contributed by atoms with Gasteiger partial charge in [0.1, 0.15) is 0 Å². The van der Waals surface area contributed by atoms with Gasteiger partial charge in [0.15, 0.2) is 0 Å². The monoisotopic (exact) mass is 184 g/mol. The molecule has 3 heteroatoms. The second kappa shape index (κ2) is 3.68. The molecule has 0 saturated heterocycles. The molecule has 0 atom stereocenters. The molecule has 0 spiro atoms. The average molecular weight is 185 g/mol. The van der Waals surface area contributed by atoms with E-state index in [4.69, 9.17) is 11.6 Å². The van der Waals surface area contributed by atoms with Gasteiger partial charge in [-0.2, -0.15) is 0 Å². The number of halogens is 1. The number of rotatable bonds is 2. The summed E-state index contributed by atoms with van der Waals surface area (Å²) in [4.78, 5) is 2.03. The summed E-state index contributed by atoms with van der Waals surface area (Å²) in [5, 5.41) is 3.82. The van der Waals surface area contributed by atoms with Gasteiger partial charge in [-0.25, -0.2) is 0 Å². The highest BCUT2D eigenvalue weighted by atomic mass is 35.5. The highest BCUT2D eigenvalue weighted by Gasteiger charge is 2.05. The zero-order chi connectivity index (χ0) is 9.14. The summed E-state index contributed by atoms with van der Waals surface area (Å²) in [6.07, 6.45) is 0. The standard InChI is InChI=1S/C9H13ClN2/c1-11-9-7(10)5-4-6-8(9)12(2)3/h4-6,11H,1-3H3. The molecule has 12 heavy (non-hydrogen) atoms. The van der Waals surface area contributed by atoms with Gasteiger partial charge in [0.2, 0.25) is 0 Å². The van der Waals surface area contributed by atoms with Gasteiger partial charge in [-0.3, -0.25) is 0 Å². The highest BCUT2D eigenvalue weighted by Crippen LogP contribution is 2.31. The molecule has 0 aliphatic carbocycles. The molecular formula is C9H13ClN2. The van der Waals surface area contributed by atoms with E-state index in [0.29, 0.717) is 0 Å². The topological polar surface area (TPSA) is 15.3 Å². The maximum absolute atomic E-state index is 5.98. The summed E-state index contributed by atoms with van der Waals surface area (Å²) in [7, 11) is 5.85. The molecule has 0 aliphatic heterocycles. The lowest BCUT2D eigenvalue weighted by atomic mass is 10.2. The van der Waals surface area contributed by atoms with E-state index >= 15 is 0 Å². The lowest BCUT2D eigenvalue weighted by Gasteiger charge is -2.17. The highest BCUT2D eigenvalue weighted by molar-refractivity contribution is 6.33. The Bertz CT molecular complexity index is 271. The quantitative estimate of drug-likeness (QED) is 0.760. The van der Waals surface area contributed by atoms with E-state index < -0.39 is 0 Å². The van der Waals surface area contributed by atoms with Crippen molar-refractivity contribution in [1.29, 1.82) is 0 Å². The Morgan fingerprint density at radius 3 is 2.42 bits per heavy atom. The molecular weight excluding hydrogens is 172 g/mol. The Morgan fingerprint density at radius 1 is 1.33 bits per heavy atom. The fraction of sp³-hybridized carbons (Fsp3) is 0.333. The van der Waals surface area contributed by atoms with Gasteiger partial charge in [0, 0.05) is 21.1 Å². The van der Waals surface area contributed by atoms with Gasteiger partial charge in [0.05, 0.1) is 16.4 Å². The zero-order valence-electron chi connectivity index (χ0n) is 7.56. The summed E-state index contributed by atoms with van der Waals surface area (Å²) in [5.74, 6) is 0. The van der Waals surface area contributed by atoms with Crippen LogP contribution in [0, 0.1) is 0 Å². The van der Waals surface area contributed by atoms with Crippen LogP contribution >= 0.6 is 11.6 Å². The van der Waals surface area contributed by atoms with Crippen LogP contribution in [0.3, 0.4) is 0 Å². The SMILES string of the molecule is CNc1c(Cl)cccc1N(C)C. The lowest BCUT2D eigenvalue weighted by Crippen LogP contribution is -2.11. The van der Waals surface area contributed by atoms with Crippen LogP contribution in [0.15, 0.2) is 18.2 Å². The van der Waals surface area contributed by atoms with E-state index in [1.54, 1.807) is 0 Å². The number of nitrogens with zero attached hydrogens (tertiary/aromatic N) is 1. The molecule has 0 bridgehead atoms. The van der Waals surface area contributed by atoms with Crippen LogP contribution in [0.5, 0.6) is 0 Å². The predicted octanol–water partition coefficient (Wildman–Crippen LogP) is 2.45. The van der Waals surface area contributed by atoms with Crippen LogP contribution in [0.25, 0.3) is 0 Å². The van der Waals surface area contributed by atoms with Crippen molar-refractivity contribution in [3.8, 4) is 0 Å². The molecule has 1 aromatic carbocycles. The van der Waals surface area contributed by atoms with Gasteiger partial charge in [-0.15, -0.1) is 0 Å². The maximum atomic E-state index is 5.98. The Morgan fingerprint density at radius 2 is 2.00 bits per heavy atom. The molecule has 0 aromatic heterocycles. The van der Waals surface area contributed by atoms with E-state index in [-0.39, 0.29) is 0 Å². The molecule has 0 amide bonds. The van der Waals surface area contributed by atoms with Crippen molar-refractivity contribution in [1.82, 2.24) is 0 Å². The first kappa shape index (κ1) is 9.20. The molecule has 0 radical (unpaired) electrons. The number of nitrogens with one attached hydrogen (secondary N) is 1. The van der Waals surface area contributed by atoms with E-state index in [2.05, 4.69) is 5.32 Å². The van der Waals surface area contributed by atoms with Crippen LogP contribution in [-0.2, 0) is 0 Å². The number of hydrogen-bond donors (Lipinski definition) is 1. The van der Waals surface area contributed by atoms with Crippen molar-refractivity contribution in [3.63, 3.8) is 0 Å². The summed E-state index contributed by atoms with van der Waals surface area (Å²) in [6.45, 7) is 0. The first-order valence-electron chi connectivity index (χ1n) is 3.80. The van der Waals surface area contributed by atoms with Gasteiger partial charge >= 0.3 is 0 Å². The maximum Gasteiger partial charge on any atom is 0.0764 e. The third kappa shape index (κ3) is 1.64. The minimum absolute atomic E-state index is 0.753. The minimum Gasteiger partial charge on any atom is -0.385 e. The first-order valence-corrected chi connectivity index (χ1v) is 4.18.